The number of pyridine rings is 1. The fraction of sp³-hybridized carbons (Fsp3) is 0.375. The van der Waals surface area contributed by atoms with Crippen molar-refractivity contribution in [2.45, 2.75) is 19.2 Å². The lowest BCUT2D eigenvalue weighted by atomic mass is 10.2. The average Bonchev–Trinajstić information content (AvgIpc) is 2.08. The molecular weight excluding hydrogens is 198 g/mol. The van der Waals surface area contributed by atoms with Crippen LogP contribution in [0.3, 0.4) is 0 Å². The third-order valence-electron chi connectivity index (χ3n) is 1.72. The van der Waals surface area contributed by atoms with Gasteiger partial charge in [-0.25, -0.2) is 13.8 Å². The lowest BCUT2D eigenvalue weighted by Gasteiger charge is -2.08. The van der Waals surface area contributed by atoms with Crippen molar-refractivity contribution in [1.82, 2.24) is 4.98 Å². The average molecular weight is 207 g/mol. The quantitative estimate of drug-likeness (QED) is 0.756. The second-order valence-electron chi connectivity index (χ2n) is 2.64. The number of aromatic nitrogens is 1. The van der Waals surface area contributed by atoms with E-state index in [1.807, 2.05) is 0 Å². The molecule has 1 heterocycles. The van der Waals surface area contributed by atoms with Crippen LogP contribution >= 0.6 is 11.6 Å². The minimum Gasteiger partial charge on any atom is -0.397 e. The first-order valence-electron chi connectivity index (χ1n) is 3.66. The van der Waals surface area contributed by atoms with E-state index in [0.29, 0.717) is 16.9 Å². The molecule has 0 saturated heterocycles. The van der Waals surface area contributed by atoms with Crippen LogP contribution in [0, 0.1) is 6.92 Å². The SMILES string of the molecule is Cc1nc(C(F)F)c(CCl)cc1N. The number of anilines is 1. The normalized spacial score (nSPS) is 10.8. The third kappa shape index (κ3) is 2.06. The Kier molecular flexibility index (Phi) is 3.03. The summed E-state index contributed by atoms with van der Waals surface area (Å²) in [5, 5.41) is 0. The Morgan fingerprint density at radius 1 is 1.62 bits per heavy atom. The smallest absolute Gasteiger partial charge is 0.280 e. The van der Waals surface area contributed by atoms with E-state index in [4.69, 9.17) is 17.3 Å². The van der Waals surface area contributed by atoms with Crippen LogP contribution in [0.1, 0.15) is 23.4 Å². The van der Waals surface area contributed by atoms with Crippen LogP contribution in [0.5, 0.6) is 0 Å². The van der Waals surface area contributed by atoms with Crippen LogP contribution in [-0.2, 0) is 5.88 Å². The maximum absolute atomic E-state index is 12.4. The van der Waals surface area contributed by atoms with Gasteiger partial charge < -0.3 is 5.73 Å². The molecule has 2 nitrogen and oxygen atoms in total. The van der Waals surface area contributed by atoms with Crippen LogP contribution in [-0.4, -0.2) is 4.98 Å². The highest BCUT2D eigenvalue weighted by molar-refractivity contribution is 6.17. The van der Waals surface area contributed by atoms with E-state index in [2.05, 4.69) is 4.98 Å². The molecule has 13 heavy (non-hydrogen) atoms. The van der Waals surface area contributed by atoms with Crippen molar-refractivity contribution in [3.63, 3.8) is 0 Å². The van der Waals surface area contributed by atoms with Gasteiger partial charge in [-0.2, -0.15) is 0 Å². The maximum Gasteiger partial charge on any atom is 0.280 e. The zero-order valence-electron chi connectivity index (χ0n) is 7.02. The summed E-state index contributed by atoms with van der Waals surface area (Å²) in [6.07, 6.45) is -2.60. The fourth-order valence-corrected chi connectivity index (χ4v) is 1.19. The van der Waals surface area contributed by atoms with Gasteiger partial charge >= 0.3 is 0 Å². The van der Waals surface area contributed by atoms with Crippen molar-refractivity contribution in [3.8, 4) is 0 Å². The van der Waals surface area contributed by atoms with Gasteiger partial charge in [0, 0.05) is 5.88 Å². The minimum absolute atomic E-state index is 0.00282. The first-order chi connectivity index (χ1) is 6.06. The van der Waals surface area contributed by atoms with E-state index in [0.717, 1.165) is 0 Å². The number of hydrogen-bond donors (Lipinski definition) is 1. The zero-order chi connectivity index (χ0) is 10.0. The monoisotopic (exact) mass is 206 g/mol. The van der Waals surface area contributed by atoms with E-state index in [-0.39, 0.29) is 11.6 Å². The Bertz CT molecular complexity index is 315. The largest absolute Gasteiger partial charge is 0.397 e. The number of alkyl halides is 3. The third-order valence-corrected chi connectivity index (χ3v) is 2.00. The molecule has 0 saturated carbocycles. The summed E-state index contributed by atoms with van der Waals surface area (Å²) in [7, 11) is 0. The Labute approximate surface area is 79.7 Å². The number of hydrogen-bond acceptors (Lipinski definition) is 2. The van der Waals surface area contributed by atoms with Gasteiger partial charge in [0.25, 0.3) is 6.43 Å². The van der Waals surface area contributed by atoms with Crippen molar-refractivity contribution < 1.29 is 8.78 Å². The van der Waals surface area contributed by atoms with Gasteiger partial charge in [0.15, 0.2) is 0 Å². The van der Waals surface area contributed by atoms with Crippen molar-refractivity contribution in [2.75, 3.05) is 5.73 Å². The summed E-state index contributed by atoms with van der Waals surface area (Å²) in [5.74, 6) is -0.00282. The molecule has 0 fully saturated rings. The molecule has 0 atom stereocenters. The molecule has 0 unspecified atom stereocenters. The lowest BCUT2D eigenvalue weighted by Crippen LogP contribution is -2.02. The molecule has 1 aromatic heterocycles. The highest BCUT2D eigenvalue weighted by Crippen LogP contribution is 2.25. The summed E-state index contributed by atoms with van der Waals surface area (Å²) in [4.78, 5) is 3.68. The topological polar surface area (TPSA) is 38.9 Å². The number of rotatable bonds is 2. The number of halogens is 3. The maximum atomic E-state index is 12.4. The Morgan fingerprint density at radius 2 is 2.23 bits per heavy atom. The van der Waals surface area contributed by atoms with Crippen LogP contribution in [0.2, 0.25) is 0 Å². The van der Waals surface area contributed by atoms with E-state index in [9.17, 15) is 8.78 Å². The Hall–Kier alpha value is -0.900. The predicted octanol–water partition coefficient (Wildman–Crippen LogP) is 2.65. The highest BCUT2D eigenvalue weighted by atomic mass is 35.5. The molecule has 0 bridgehead atoms. The molecule has 0 amide bonds. The van der Waals surface area contributed by atoms with Crippen LogP contribution in [0.25, 0.3) is 0 Å². The van der Waals surface area contributed by atoms with E-state index < -0.39 is 6.43 Å². The van der Waals surface area contributed by atoms with Crippen molar-refractivity contribution in [2.24, 2.45) is 0 Å². The molecule has 0 spiro atoms. The summed E-state index contributed by atoms with van der Waals surface area (Å²) < 4.78 is 24.7. The molecule has 0 aliphatic rings. The van der Waals surface area contributed by atoms with Gasteiger partial charge in [0.2, 0.25) is 0 Å². The number of nitrogens with zero attached hydrogens (tertiary/aromatic N) is 1. The predicted molar refractivity (Wildman–Crippen MR) is 47.9 cm³/mol. The Balaban J connectivity index is 3.25. The summed E-state index contributed by atoms with van der Waals surface area (Å²) in [6.45, 7) is 1.58. The molecule has 2 N–H and O–H groups in total. The fourth-order valence-electron chi connectivity index (χ4n) is 0.979. The summed E-state index contributed by atoms with van der Waals surface area (Å²) >= 11 is 5.47. The van der Waals surface area contributed by atoms with Crippen LogP contribution in [0.15, 0.2) is 6.07 Å². The van der Waals surface area contributed by atoms with Gasteiger partial charge in [-0.05, 0) is 18.6 Å². The second kappa shape index (κ2) is 3.87. The molecule has 0 radical (unpaired) electrons. The highest BCUT2D eigenvalue weighted by Gasteiger charge is 2.15. The van der Waals surface area contributed by atoms with Crippen LogP contribution < -0.4 is 5.73 Å². The van der Waals surface area contributed by atoms with Crippen LogP contribution in [0.4, 0.5) is 14.5 Å². The van der Waals surface area contributed by atoms with Crippen molar-refractivity contribution >= 4 is 17.3 Å². The van der Waals surface area contributed by atoms with Gasteiger partial charge in [0.1, 0.15) is 5.69 Å². The van der Waals surface area contributed by atoms with Crippen molar-refractivity contribution in [3.05, 3.63) is 23.0 Å². The molecule has 1 aromatic rings. The number of nitrogens with two attached hydrogens (primary N) is 1. The molecule has 1 rings (SSSR count). The van der Waals surface area contributed by atoms with E-state index >= 15 is 0 Å². The number of aryl methyl sites for hydroxylation is 1. The molecule has 0 aromatic carbocycles. The number of nitrogen functional groups attached to an aromatic ring is 1. The van der Waals surface area contributed by atoms with Gasteiger partial charge in [-0.15, -0.1) is 11.6 Å². The standard InChI is InChI=1S/C8H9ClF2N2/c1-4-6(12)2-5(3-9)7(13-4)8(10)11/h2,8H,3,12H2,1H3. The van der Waals surface area contributed by atoms with Gasteiger partial charge in [-0.3, -0.25) is 0 Å². The van der Waals surface area contributed by atoms with Gasteiger partial charge in [-0.1, -0.05) is 0 Å². The Morgan fingerprint density at radius 3 is 2.69 bits per heavy atom. The molecule has 0 aliphatic carbocycles. The minimum atomic E-state index is -2.60. The lowest BCUT2D eigenvalue weighted by molar-refractivity contribution is 0.145. The van der Waals surface area contributed by atoms with Gasteiger partial charge in [0.05, 0.1) is 11.4 Å². The molecule has 5 heteroatoms. The molecule has 0 aliphatic heterocycles. The first-order valence-corrected chi connectivity index (χ1v) is 4.19. The second-order valence-corrected chi connectivity index (χ2v) is 2.91. The zero-order valence-corrected chi connectivity index (χ0v) is 7.78. The van der Waals surface area contributed by atoms with Crippen molar-refractivity contribution in [1.29, 1.82) is 0 Å². The van der Waals surface area contributed by atoms with E-state index in [1.165, 1.54) is 6.07 Å². The molecular formula is C8H9ClF2N2. The summed E-state index contributed by atoms with van der Waals surface area (Å²) in [5.41, 5.74) is 6.31. The first kappa shape index (κ1) is 10.2. The van der Waals surface area contributed by atoms with E-state index in [1.54, 1.807) is 6.92 Å². The summed E-state index contributed by atoms with van der Waals surface area (Å²) in [6, 6.07) is 1.44. The molecule has 72 valence electrons.